The Hall–Kier alpha value is -1.62. The highest BCUT2D eigenvalue weighted by atomic mass is 35.5. The highest BCUT2D eigenvalue weighted by Crippen LogP contribution is 2.13. The first-order chi connectivity index (χ1) is 6.09. The molecule has 0 fully saturated rings. The Labute approximate surface area is 78.9 Å². The van der Waals surface area contributed by atoms with E-state index in [1.54, 1.807) is 0 Å². The van der Waals surface area contributed by atoms with Crippen molar-refractivity contribution < 1.29 is 9.90 Å². The van der Waals surface area contributed by atoms with Gasteiger partial charge in [-0.25, -0.2) is 14.8 Å². The van der Waals surface area contributed by atoms with Crippen molar-refractivity contribution in [2.75, 3.05) is 5.73 Å². The second-order valence-electron chi connectivity index (χ2n) is 2.15. The van der Waals surface area contributed by atoms with Crippen molar-refractivity contribution >= 4 is 29.6 Å². The van der Waals surface area contributed by atoms with E-state index in [0.717, 1.165) is 6.08 Å². The molecule has 6 heteroatoms. The maximum Gasteiger partial charge on any atom is 0.328 e. The van der Waals surface area contributed by atoms with Crippen LogP contribution < -0.4 is 5.73 Å². The van der Waals surface area contributed by atoms with Gasteiger partial charge in [0.25, 0.3) is 0 Å². The van der Waals surface area contributed by atoms with Gasteiger partial charge in [0, 0.05) is 17.8 Å². The Balaban J connectivity index is 2.96. The van der Waals surface area contributed by atoms with Gasteiger partial charge in [-0.15, -0.1) is 0 Å². The van der Waals surface area contributed by atoms with Gasteiger partial charge >= 0.3 is 5.97 Å². The van der Waals surface area contributed by atoms with Gasteiger partial charge in [0.15, 0.2) is 0 Å². The highest BCUT2D eigenvalue weighted by Gasteiger charge is 1.99. The van der Waals surface area contributed by atoms with Crippen molar-refractivity contribution in [1.29, 1.82) is 0 Å². The van der Waals surface area contributed by atoms with E-state index in [4.69, 9.17) is 22.4 Å². The number of nitrogens with two attached hydrogens (primary N) is 1. The van der Waals surface area contributed by atoms with Crippen LogP contribution in [0.25, 0.3) is 6.08 Å². The number of nitrogens with zero attached hydrogens (tertiary/aromatic N) is 2. The van der Waals surface area contributed by atoms with E-state index in [2.05, 4.69) is 9.97 Å². The van der Waals surface area contributed by atoms with Crippen LogP contribution in [0.2, 0.25) is 5.15 Å². The van der Waals surface area contributed by atoms with Gasteiger partial charge in [0.05, 0.1) is 0 Å². The molecule has 0 bridgehead atoms. The molecule has 5 nitrogen and oxygen atoms in total. The Bertz CT molecular complexity index is 365. The number of carbonyl (C=O) groups is 1. The molecule has 0 spiro atoms. The largest absolute Gasteiger partial charge is 0.478 e. The van der Waals surface area contributed by atoms with Crippen molar-refractivity contribution in [1.82, 2.24) is 9.97 Å². The van der Waals surface area contributed by atoms with Crippen LogP contribution in [0, 0.1) is 0 Å². The summed E-state index contributed by atoms with van der Waals surface area (Å²) >= 11 is 5.64. The van der Waals surface area contributed by atoms with Crippen molar-refractivity contribution in [2.24, 2.45) is 0 Å². The molecule has 0 aromatic carbocycles. The minimum atomic E-state index is -1.06. The molecule has 1 rings (SSSR count). The molecule has 0 saturated carbocycles. The minimum absolute atomic E-state index is 0.0532. The van der Waals surface area contributed by atoms with Crippen LogP contribution in [0.5, 0.6) is 0 Å². The van der Waals surface area contributed by atoms with Gasteiger partial charge in [-0.1, -0.05) is 11.6 Å². The molecule has 0 atom stereocenters. The molecule has 0 amide bonds. The molecule has 0 radical (unpaired) electrons. The maximum absolute atomic E-state index is 10.2. The molecule has 1 aromatic heterocycles. The summed E-state index contributed by atoms with van der Waals surface area (Å²) in [7, 11) is 0. The summed E-state index contributed by atoms with van der Waals surface area (Å²) in [6, 6.07) is 0. The van der Waals surface area contributed by atoms with E-state index in [0.29, 0.717) is 5.56 Å². The first kappa shape index (κ1) is 9.47. The van der Waals surface area contributed by atoms with Crippen LogP contribution in [-0.2, 0) is 4.79 Å². The number of hydrogen-bond donors (Lipinski definition) is 2. The lowest BCUT2D eigenvalue weighted by atomic mass is 10.3. The average molecular weight is 200 g/mol. The summed E-state index contributed by atoms with van der Waals surface area (Å²) in [6.07, 6.45) is 3.59. The van der Waals surface area contributed by atoms with E-state index >= 15 is 0 Å². The quantitative estimate of drug-likeness (QED) is 0.544. The SMILES string of the molecule is Nc1ncc(C=CC(=O)O)c(Cl)n1. The predicted molar refractivity (Wildman–Crippen MR) is 48.1 cm³/mol. The van der Waals surface area contributed by atoms with Crippen molar-refractivity contribution in [2.45, 2.75) is 0 Å². The Kier molecular flexibility index (Phi) is 2.81. The number of hydrogen-bond acceptors (Lipinski definition) is 4. The van der Waals surface area contributed by atoms with Gasteiger partial charge in [0.1, 0.15) is 5.15 Å². The Morgan fingerprint density at radius 3 is 2.92 bits per heavy atom. The number of aliphatic carboxylic acids is 1. The molecule has 0 aliphatic carbocycles. The molecular weight excluding hydrogens is 194 g/mol. The summed E-state index contributed by atoms with van der Waals surface area (Å²) in [4.78, 5) is 17.5. The van der Waals surface area contributed by atoms with Gasteiger partial charge in [-0.2, -0.15) is 0 Å². The fourth-order valence-corrected chi connectivity index (χ4v) is 0.854. The third-order valence-electron chi connectivity index (χ3n) is 1.19. The number of nitrogen functional groups attached to an aromatic ring is 1. The van der Waals surface area contributed by atoms with E-state index in [-0.39, 0.29) is 11.1 Å². The third kappa shape index (κ3) is 2.72. The van der Waals surface area contributed by atoms with Crippen LogP contribution in [0.1, 0.15) is 5.56 Å². The molecule has 68 valence electrons. The second kappa shape index (κ2) is 3.86. The number of halogens is 1. The fourth-order valence-electron chi connectivity index (χ4n) is 0.656. The fraction of sp³-hybridized carbons (Fsp3) is 0. The molecule has 0 aliphatic heterocycles. The number of anilines is 1. The van der Waals surface area contributed by atoms with Crippen LogP contribution in [0.4, 0.5) is 5.95 Å². The zero-order chi connectivity index (χ0) is 9.84. The zero-order valence-electron chi connectivity index (χ0n) is 6.44. The summed E-state index contributed by atoms with van der Waals surface area (Å²) in [6.45, 7) is 0. The number of aromatic nitrogens is 2. The van der Waals surface area contributed by atoms with Gasteiger partial charge in [-0.05, 0) is 6.08 Å². The van der Waals surface area contributed by atoms with Crippen molar-refractivity contribution in [3.63, 3.8) is 0 Å². The van der Waals surface area contributed by atoms with Crippen LogP contribution >= 0.6 is 11.6 Å². The van der Waals surface area contributed by atoms with E-state index in [1.165, 1.54) is 12.3 Å². The van der Waals surface area contributed by atoms with Gasteiger partial charge < -0.3 is 10.8 Å². The molecule has 3 N–H and O–H groups in total. The normalized spacial score (nSPS) is 10.5. The molecular formula is C7H6ClN3O2. The number of rotatable bonds is 2. The molecule has 0 aliphatic rings. The first-order valence-corrected chi connectivity index (χ1v) is 3.66. The third-order valence-corrected chi connectivity index (χ3v) is 1.50. The number of carboxylic acids is 1. The predicted octanol–water partition coefficient (Wildman–Crippen LogP) is 0.810. The van der Waals surface area contributed by atoms with E-state index in [1.807, 2.05) is 0 Å². The average Bonchev–Trinajstić information content (AvgIpc) is 2.02. The molecule has 0 saturated heterocycles. The molecule has 1 heterocycles. The van der Waals surface area contributed by atoms with Crippen LogP contribution in [0.15, 0.2) is 12.3 Å². The van der Waals surface area contributed by atoms with Crippen molar-refractivity contribution in [3.05, 3.63) is 23.0 Å². The summed E-state index contributed by atoms with van der Waals surface area (Å²) in [5.41, 5.74) is 5.65. The highest BCUT2D eigenvalue weighted by molar-refractivity contribution is 6.31. The maximum atomic E-state index is 10.2. The van der Waals surface area contributed by atoms with Gasteiger partial charge in [-0.3, -0.25) is 0 Å². The zero-order valence-corrected chi connectivity index (χ0v) is 7.19. The lowest BCUT2D eigenvalue weighted by Gasteiger charge is -1.96. The smallest absolute Gasteiger partial charge is 0.328 e. The van der Waals surface area contributed by atoms with Crippen molar-refractivity contribution in [3.8, 4) is 0 Å². The Morgan fingerprint density at radius 1 is 1.69 bits per heavy atom. The minimum Gasteiger partial charge on any atom is -0.478 e. The first-order valence-electron chi connectivity index (χ1n) is 3.28. The summed E-state index contributed by atoms with van der Waals surface area (Å²) in [5, 5.41) is 8.45. The standard InChI is InChI=1S/C7H6ClN3O2/c8-6-4(1-2-5(12)13)3-10-7(9)11-6/h1-3H,(H,12,13)(H2,9,10,11). The second-order valence-corrected chi connectivity index (χ2v) is 2.50. The molecule has 0 unspecified atom stereocenters. The van der Waals surface area contributed by atoms with Crippen LogP contribution in [0.3, 0.4) is 0 Å². The van der Waals surface area contributed by atoms with E-state index < -0.39 is 5.97 Å². The monoisotopic (exact) mass is 199 g/mol. The van der Waals surface area contributed by atoms with Crippen LogP contribution in [-0.4, -0.2) is 21.0 Å². The summed E-state index contributed by atoms with van der Waals surface area (Å²) in [5.74, 6) is -1.01. The number of carboxylic acid groups (broad SMARTS) is 1. The summed E-state index contributed by atoms with van der Waals surface area (Å²) < 4.78 is 0. The Morgan fingerprint density at radius 2 is 2.38 bits per heavy atom. The van der Waals surface area contributed by atoms with Gasteiger partial charge in [0.2, 0.25) is 5.95 Å². The topological polar surface area (TPSA) is 89.1 Å². The molecule has 13 heavy (non-hydrogen) atoms. The lowest BCUT2D eigenvalue weighted by Crippen LogP contribution is -1.95. The lowest BCUT2D eigenvalue weighted by molar-refractivity contribution is -0.131. The molecule has 1 aromatic rings. The van der Waals surface area contributed by atoms with E-state index in [9.17, 15) is 4.79 Å².